The molecular formula is C30H39NO7. The summed E-state index contributed by atoms with van der Waals surface area (Å²) in [6.07, 6.45) is 0.595. The number of hydrogen-bond donors (Lipinski definition) is 1. The molecule has 0 radical (unpaired) electrons. The Hall–Kier alpha value is -3.52. The van der Waals surface area contributed by atoms with Gasteiger partial charge in [-0.1, -0.05) is 19.9 Å². The van der Waals surface area contributed by atoms with Crippen molar-refractivity contribution in [2.45, 2.75) is 59.1 Å². The van der Waals surface area contributed by atoms with Crippen LogP contribution < -0.4 is 14.2 Å². The molecule has 0 spiro atoms. The van der Waals surface area contributed by atoms with Crippen molar-refractivity contribution >= 4 is 17.4 Å². The lowest BCUT2D eigenvalue weighted by Crippen LogP contribution is -2.31. The van der Waals surface area contributed by atoms with E-state index in [1.54, 1.807) is 30.3 Å². The van der Waals surface area contributed by atoms with Crippen LogP contribution in [0.1, 0.15) is 69.7 Å². The highest BCUT2D eigenvalue weighted by atomic mass is 16.5. The minimum absolute atomic E-state index is 0.0332. The SMILES string of the molecule is CCOc1ccc(/C(O)=C2\C(=O)C(=O)N(CCCOC(C)C)C2c2ccc(OC)c(OC)c2)cc1C(C)C. The van der Waals surface area contributed by atoms with E-state index in [-0.39, 0.29) is 29.9 Å². The molecule has 1 saturated heterocycles. The van der Waals surface area contributed by atoms with E-state index >= 15 is 0 Å². The first-order valence-corrected chi connectivity index (χ1v) is 13.0. The number of nitrogens with zero attached hydrogens (tertiary/aromatic N) is 1. The molecular weight excluding hydrogens is 486 g/mol. The van der Waals surface area contributed by atoms with Crippen molar-refractivity contribution in [2.75, 3.05) is 34.0 Å². The number of carbonyl (C=O) groups is 2. The predicted molar refractivity (Wildman–Crippen MR) is 146 cm³/mol. The zero-order valence-electron chi connectivity index (χ0n) is 23.4. The van der Waals surface area contributed by atoms with Gasteiger partial charge >= 0.3 is 0 Å². The molecule has 1 heterocycles. The Morgan fingerprint density at radius 3 is 2.26 bits per heavy atom. The number of hydrogen-bond acceptors (Lipinski definition) is 7. The highest BCUT2D eigenvalue weighted by molar-refractivity contribution is 6.46. The molecule has 0 aromatic heterocycles. The number of likely N-dealkylation sites (tertiary alicyclic amines) is 1. The van der Waals surface area contributed by atoms with Crippen molar-refractivity contribution in [1.82, 2.24) is 4.90 Å². The number of methoxy groups -OCH3 is 2. The van der Waals surface area contributed by atoms with Gasteiger partial charge in [-0.15, -0.1) is 0 Å². The summed E-state index contributed by atoms with van der Waals surface area (Å²) in [5.41, 5.74) is 2.01. The summed E-state index contributed by atoms with van der Waals surface area (Å²) in [5.74, 6) is 0.205. The molecule has 1 N–H and O–H groups in total. The fraction of sp³-hybridized carbons (Fsp3) is 0.467. The summed E-state index contributed by atoms with van der Waals surface area (Å²) >= 11 is 0. The predicted octanol–water partition coefficient (Wildman–Crippen LogP) is 5.46. The number of aliphatic hydroxyl groups excluding tert-OH is 1. The average Bonchev–Trinajstić information content (AvgIpc) is 3.15. The summed E-state index contributed by atoms with van der Waals surface area (Å²) in [6, 6.07) is 9.76. The molecule has 3 rings (SSSR count). The minimum atomic E-state index is -0.803. The van der Waals surface area contributed by atoms with Crippen LogP contribution in [-0.2, 0) is 14.3 Å². The van der Waals surface area contributed by atoms with Crippen LogP contribution in [0.4, 0.5) is 0 Å². The number of aliphatic hydroxyl groups is 1. The first kappa shape index (κ1) is 29.0. The van der Waals surface area contributed by atoms with Crippen molar-refractivity contribution in [3.8, 4) is 17.2 Å². The lowest BCUT2D eigenvalue weighted by atomic mass is 9.93. The fourth-order valence-electron chi connectivity index (χ4n) is 4.62. The molecule has 1 atom stereocenters. The molecule has 1 aliphatic rings. The Labute approximate surface area is 225 Å². The molecule has 8 heteroatoms. The maximum Gasteiger partial charge on any atom is 0.295 e. The van der Waals surface area contributed by atoms with Crippen LogP contribution in [0.3, 0.4) is 0 Å². The third kappa shape index (κ3) is 6.13. The molecule has 2 aromatic rings. The maximum atomic E-state index is 13.4. The van der Waals surface area contributed by atoms with E-state index in [9.17, 15) is 14.7 Å². The van der Waals surface area contributed by atoms with Gasteiger partial charge in [-0.2, -0.15) is 0 Å². The van der Waals surface area contributed by atoms with Crippen LogP contribution in [0, 0.1) is 0 Å². The monoisotopic (exact) mass is 525 g/mol. The Morgan fingerprint density at radius 1 is 0.974 bits per heavy atom. The van der Waals surface area contributed by atoms with Crippen LogP contribution in [-0.4, -0.2) is 61.8 Å². The second-order valence-corrected chi connectivity index (χ2v) is 9.72. The number of ether oxygens (including phenoxy) is 4. The van der Waals surface area contributed by atoms with Gasteiger partial charge < -0.3 is 29.0 Å². The molecule has 1 aliphatic heterocycles. The van der Waals surface area contributed by atoms with Crippen molar-refractivity contribution in [1.29, 1.82) is 0 Å². The van der Waals surface area contributed by atoms with E-state index in [0.29, 0.717) is 42.3 Å². The lowest BCUT2D eigenvalue weighted by molar-refractivity contribution is -0.140. The van der Waals surface area contributed by atoms with Crippen molar-refractivity contribution < 1.29 is 33.6 Å². The zero-order valence-corrected chi connectivity index (χ0v) is 23.4. The molecule has 0 saturated carbocycles. The highest BCUT2D eigenvalue weighted by Crippen LogP contribution is 2.42. The quantitative estimate of drug-likeness (QED) is 0.170. The van der Waals surface area contributed by atoms with Gasteiger partial charge in [0.1, 0.15) is 11.5 Å². The standard InChI is InChI=1S/C30H39NO7/c1-8-37-23-12-11-21(16-22(23)18(2)3)28(32)26-27(20-10-13-24(35-6)25(17-20)36-7)31(30(34)29(26)33)14-9-15-38-19(4)5/h10-13,16-19,27,32H,8-9,14-15H2,1-7H3/b28-26+. The molecule has 38 heavy (non-hydrogen) atoms. The zero-order chi connectivity index (χ0) is 28.0. The number of benzene rings is 2. The molecule has 0 aliphatic carbocycles. The van der Waals surface area contributed by atoms with Crippen LogP contribution >= 0.6 is 0 Å². The Balaban J connectivity index is 2.15. The Kier molecular flexibility index (Phi) is 9.80. The average molecular weight is 526 g/mol. The maximum absolute atomic E-state index is 13.4. The molecule has 1 unspecified atom stereocenters. The van der Waals surface area contributed by atoms with Gasteiger partial charge in [0.2, 0.25) is 0 Å². The van der Waals surface area contributed by atoms with Crippen LogP contribution in [0.25, 0.3) is 5.76 Å². The number of carbonyl (C=O) groups excluding carboxylic acids is 2. The van der Waals surface area contributed by atoms with Crippen LogP contribution in [0.2, 0.25) is 0 Å². The third-order valence-corrected chi connectivity index (χ3v) is 6.46. The molecule has 0 bridgehead atoms. The van der Waals surface area contributed by atoms with Gasteiger partial charge in [-0.3, -0.25) is 9.59 Å². The first-order chi connectivity index (χ1) is 18.1. The smallest absolute Gasteiger partial charge is 0.295 e. The van der Waals surface area contributed by atoms with E-state index in [1.165, 1.54) is 19.1 Å². The summed E-state index contributed by atoms with van der Waals surface area (Å²) in [4.78, 5) is 28.2. The summed E-state index contributed by atoms with van der Waals surface area (Å²) < 4.78 is 22.3. The lowest BCUT2D eigenvalue weighted by Gasteiger charge is -2.26. The van der Waals surface area contributed by atoms with Gasteiger partial charge in [0, 0.05) is 18.7 Å². The Bertz CT molecular complexity index is 1190. The largest absolute Gasteiger partial charge is 0.507 e. The first-order valence-electron chi connectivity index (χ1n) is 13.0. The van der Waals surface area contributed by atoms with Crippen LogP contribution in [0.5, 0.6) is 17.2 Å². The fourth-order valence-corrected chi connectivity index (χ4v) is 4.62. The van der Waals surface area contributed by atoms with Gasteiger partial charge in [0.05, 0.1) is 38.5 Å². The van der Waals surface area contributed by atoms with Crippen LogP contribution in [0.15, 0.2) is 42.0 Å². The molecule has 8 nitrogen and oxygen atoms in total. The number of ketones is 1. The number of rotatable bonds is 12. The van der Waals surface area contributed by atoms with E-state index in [1.807, 2.05) is 40.7 Å². The molecule has 206 valence electrons. The second kappa shape index (κ2) is 12.8. The summed E-state index contributed by atoms with van der Waals surface area (Å²) in [7, 11) is 3.06. The van der Waals surface area contributed by atoms with Gasteiger partial charge in [-0.05, 0) is 74.6 Å². The molecule has 1 amide bonds. The number of amides is 1. The molecule has 1 fully saturated rings. The molecule has 2 aromatic carbocycles. The number of Topliss-reactive ketones (excluding diaryl/α,β-unsaturated/α-hetero) is 1. The summed E-state index contributed by atoms with van der Waals surface area (Å²) in [6.45, 7) is 11.1. The summed E-state index contributed by atoms with van der Waals surface area (Å²) in [5, 5.41) is 11.5. The Morgan fingerprint density at radius 2 is 1.66 bits per heavy atom. The topological polar surface area (TPSA) is 94.5 Å². The third-order valence-electron chi connectivity index (χ3n) is 6.46. The van der Waals surface area contributed by atoms with E-state index in [2.05, 4.69) is 0 Å². The van der Waals surface area contributed by atoms with Gasteiger partial charge in [0.25, 0.3) is 11.7 Å². The van der Waals surface area contributed by atoms with E-state index in [4.69, 9.17) is 18.9 Å². The van der Waals surface area contributed by atoms with Crippen molar-refractivity contribution in [3.05, 3.63) is 58.7 Å². The van der Waals surface area contributed by atoms with E-state index in [0.717, 1.165) is 11.3 Å². The second-order valence-electron chi connectivity index (χ2n) is 9.72. The highest BCUT2D eigenvalue weighted by Gasteiger charge is 2.46. The van der Waals surface area contributed by atoms with Gasteiger partial charge in [0.15, 0.2) is 11.5 Å². The van der Waals surface area contributed by atoms with E-state index < -0.39 is 17.7 Å². The van der Waals surface area contributed by atoms with Gasteiger partial charge in [-0.25, -0.2) is 0 Å². The minimum Gasteiger partial charge on any atom is -0.507 e. The normalized spacial score (nSPS) is 17.0. The van der Waals surface area contributed by atoms with Crippen molar-refractivity contribution in [2.24, 2.45) is 0 Å². The van der Waals surface area contributed by atoms with Crippen molar-refractivity contribution in [3.63, 3.8) is 0 Å².